The van der Waals surface area contributed by atoms with Crippen LogP contribution in [0.5, 0.6) is 5.75 Å². The van der Waals surface area contributed by atoms with Gasteiger partial charge in [-0.25, -0.2) is 9.59 Å². The average molecular weight is 391 g/mol. The maximum Gasteiger partial charge on any atom is 0.341 e. The molecular weight excluding hydrogens is 374 g/mol. The van der Waals surface area contributed by atoms with Gasteiger partial charge in [0.25, 0.3) is 5.91 Å². The van der Waals surface area contributed by atoms with E-state index in [4.69, 9.17) is 9.84 Å². The van der Waals surface area contributed by atoms with E-state index in [-0.39, 0.29) is 5.56 Å². The number of benzene rings is 3. The van der Waals surface area contributed by atoms with Crippen LogP contribution in [0.15, 0.2) is 72.8 Å². The Bertz CT molecular complexity index is 1060. The number of carboxylic acid groups (broad SMARTS) is 2. The zero-order valence-corrected chi connectivity index (χ0v) is 15.2. The maximum absolute atomic E-state index is 12.8. The van der Waals surface area contributed by atoms with E-state index in [1.165, 1.54) is 6.07 Å². The van der Waals surface area contributed by atoms with Crippen molar-refractivity contribution in [1.29, 1.82) is 0 Å². The van der Waals surface area contributed by atoms with Crippen LogP contribution in [0.25, 0.3) is 11.1 Å². The molecule has 0 aliphatic heterocycles. The molecule has 0 aromatic heterocycles. The number of carbonyl (C=O) groups is 3. The third-order valence-electron chi connectivity index (χ3n) is 4.09. The lowest BCUT2D eigenvalue weighted by atomic mass is 9.95. The lowest BCUT2D eigenvalue weighted by Gasteiger charge is -2.12. The summed E-state index contributed by atoms with van der Waals surface area (Å²) in [5.41, 5.74) is 1.87. The van der Waals surface area contributed by atoms with Gasteiger partial charge in [-0.3, -0.25) is 4.79 Å². The molecule has 1 amide bonds. The van der Waals surface area contributed by atoms with E-state index >= 15 is 0 Å². The van der Waals surface area contributed by atoms with Crippen molar-refractivity contribution in [1.82, 2.24) is 0 Å². The molecule has 0 aliphatic carbocycles. The van der Waals surface area contributed by atoms with Crippen molar-refractivity contribution in [3.05, 3.63) is 83.9 Å². The number of carbonyl (C=O) groups excluding carboxylic acids is 1. The molecule has 0 spiro atoms. The number of hydrogen-bond acceptors (Lipinski definition) is 4. The summed E-state index contributed by atoms with van der Waals surface area (Å²) < 4.78 is 5.06. The van der Waals surface area contributed by atoms with Gasteiger partial charge in [0.1, 0.15) is 5.75 Å². The largest absolute Gasteiger partial charge is 0.482 e. The van der Waals surface area contributed by atoms with Crippen LogP contribution in [0.4, 0.5) is 5.69 Å². The fourth-order valence-corrected chi connectivity index (χ4v) is 2.80. The normalized spacial score (nSPS) is 10.2. The zero-order chi connectivity index (χ0) is 20.8. The van der Waals surface area contributed by atoms with Crippen LogP contribution in [-0.2, 0) is 4.79 Å². The highest BCUT2D eigenvalue weighted by Gasteiger charge is 2.17. The third kappa shape index (κ3) is 4.78. The van der Waals surface area contributed by atoms with Gasteiger partial charge in [-0.15, -0.1) is 0 Å². The number of amides is 1. The minimum Gasteiger partial charge on any atom is -0.482 e. The Labute approximate surface area is 166 Å². The topological polar surface area (TPSA) is 113 Å². The van der Waals surface area contributed by atoms with Gasteiger partial charge in [-0.05, 0) is 47.5 Å². The molecule has 7 heteroatoms. The summed E-state index contributed by atoms with van der Waals surface area (Å²) in [5.74, 6) is -2.20. The van der Waals surface area contributed by atoms with E-state index in [9.17, 15) is 19.5 Å². The van der Waals surface area contributed by atoms with E-state index in [1.54, 1.807) is 66.7 Å². The summed E-state index contributed by atoms with van der Waals surface area (Å²) in [6.07, 6.45) is 0. The number of rotatable bonds is 7. The van der Waals surface area contributed by atoms with Gasteiger partial charge in [0.15, 0.2) is 6.61 Å². The van der Waals surface area contributed by atoms with E-state index in [2.05, 4.69) is 5.32 Å². The monoisotopic (exact) mass is 391 g/mol. The molecule has 7 nitrogen and oxygen atoms in total. The van der Waals surface area contributed by atoms with Gasteiger partial charge in [-0.2, -0.15) is 0 Å². The summed E-state index contributed by atoms with van der Waals surface area (Å²) >= 11 is 0. The van der Waals surface area contributed by atoms with Gasteiger partial charge in [-0.1, -0.05) is 36.4 Å². The first-order chi connectivity index (χ1) is 14.0. The second-order valence-corrected chi connectivity index (χ2v) is 6.06. The zero-order valence-electron chi connectivity index (χ0n) is 15.2. The van der Waals surface area contributed by atoms with Crippen LogP contribution in [0, 0.1) is 0 Å². The summed E-state index contributed by atoms with van der Waals surface area (Å²) in [5, 5.41) is 20.8. The Hall–Kier alpha value is -4.13. The molecule has 0 saturated carbocycles. The van der Waals surface area contributed by atoms with E-state index < -0.39 is 24.5 Å². The van der Waals surface area contributed by atoms with Gasteiger partial charge in [0.05, 0.1) is 5.56 Å². The lowest BCUT2D eigenvalue weighted by Crippen LogP contribution is -2.14. The Morgan fingerprint density at radius 1 is 0.759 bits per heavy atom. The van der Waals surface area contributed by atoms with E-state index in [0.29, 0.717) is 28.1 Å². The summed E-state index contributed by atoms with van der Waals surface area (Å²) in [4.78, 5) is 34.9. The van der Waals surface area contributed by atoms with Crippen LogP contribution >= 0.6 is 0 Å². The molecule has 0 unspecified atom stereocenters. The van der Waals surface area contributed by atoms with Crippen molar-refractivity contribution in [2.24, 2.45) is 0 Å². The minimum absolute atomic E-state index is 0.104. The highest BCUT2D eigenvalue weighted by Crippen LogP contribution is 2.28. The summed E-state index contributed by atoms with van der Waals surface area (Å²) in [7, 11) is 0. The van der Waals surface area contributed by atoms with Crippen LogP contribution < -0.4 is 10.1 Å². The highest BCUT2D eigenvalue weighted by molar-refractivity contribution is 6.10. The molecule has 0 aliphatic rings. The number of aliphatic carboxylic acids is 1. The average Bonchev–Trinajstić information content (AvgIpc) is 2.73. The molecule has 0 radical (unpaired) electrons. The van der Waals surface area contributed by atoms with Gasteiger partial charge >= 0.3 is 11.9 Å². The number of ether oxygens (including phenoxy) is 1. The molecule has 3 rings (SSSR count). The fourth-order valence-electron chi connectivity index (χ4n) is 2.80. The standard InChI is InChI=1S/C22H17NO6/c24-20(25)13-29-15-11-9-14(10-12-15)23-21(26)18-7-3-1-5-16(18)17-6-2-4-8-19(17)22(27)28/h1-12H,13H2,(H,23,26)(H,24,25)(H,27,28). The maximum atomic E-state index is 12.8. The predicted molar refractivity (Wildman–Crippen MR) is 106 cm³/mol. The first-order valence-corrected chi connectivity index (χ1v) is 8.63. The van der Waals surface area contributed by atoms with Gasteiger partial charge < -0.3 is 20.3 Å². The van der Waals surface area contributed by atoms with Crippen LogP contribution in [0.1, 0.15) is 20.7 Å². The van der Waals surface area contributed by atoms with Crippen LogP contribution in [0.2, 0.25) is 0 Å². The van der Waals surface area contributed by atoms with E-state index in [1.807, 2.05) is 0 Å². The first-order valence-electron chi connectivity index (χ1n) is 8.63. The van der Waals surface area contributed by atoms with Crippen molar-refractivity contribution in [2.45, 2.75) is 0 Å². The Balaban J connectivity index is 1.84. The molecule has 0 saturated heterocycles. The molecule has 3 aromatic rings. The molecule has 0 atom stereocenters. The van der Waals surface area contributed by atoms with Gasteiger partial charge in [0.2, 0.25) is 0 Å². The number of anilines is 1. The quantitative estimate of drug-likeness (QED) is 0.565. The second kappa shape index (κ2) is 8.71. The molecule has 146 valence electrons. The molecule has 3 N–H and O–H groups in total. The second-order valence-electron chi connectivity index (χ2n) is 6.06. The van der Waals surface area contributed by atoms with Crippen molar-refractivity contribution in [3.8, 4) is 16.9 Å². The third-order valence-corrected chi connectivity index (χ3v) is 4.09. The molecule has 0 heterocycles. The minimum atomic E-state index is -1.08. The van der Waals surface area contributed by atoms with Gasteiger partial charge in [0, 0.05) is 11.3 Å². The van der Waals surface area contributed by atoms with Crippen molar-refractivity contribution >= 4 is 23.5 Å². The molecule has 29 heavy (non-hydrogen) atoms. The first kappa shape index (κ1) is 19.6. The summed E-state index contributed by atoms with van der Waals surface area (Å²) in [6.45, 7) is -0.456. The number of hydrogen-bond donors (Lipinski definition) is 3. The Kier molecular flexibility index (Phi) is 5.89. The Morgan fingerprint density at radius 3 is 1.90 bits per heavy atom. The van der Waals surface area contributed by atoms with E-state index in [0.717, 1.165) is 0 Å². The van der Waals surface area contributed by atoms with Crippen molar-refractivity contribution in [3.63, 3.8) is 0 Å². The number of aromatic carboxylic acids is 1. The summed E-state index contributed by atoms with van der Waals surface area (Å²) in [6, 6.07) is 19.5. The Morgan fingerprint density at radius 2 is 1.31 bits per heavy atom. The highest BCUT2D eigenvalue weighted by atomic mass is 16.5. The lowest BCUT2D eigenvalue weighted by molar-refractivity contribution is -0.139. The smallest absolute Gasteiger partial charge is 0.341 e. The fraction of sp³-hybridized carbons (Fsp3) is 0.0455. The number of carboxylic acids is 2. The van der Waals surface area contributed by atoms with Crippen molar-refractivity contribution < 1.29 is 29.3 Å². The van der Waals surface area contributed by atoms with Crippen LogP contribution in [0.3, 0.4) is 0 Å². The van der Waals surface area contributed by atoms with Crippen LogP contribution in [-0.4, -0.2) is 34.7 Å². The predicted octanol–water partition coefficient (Wildman–Crippen LogP) is 3.77. The van der Waals surface area contributed by atoms with Crippen molar-refractivity contribution in [2.75, 3.05) is 11.9 Å². The number of nitrogens with one attached hydrogen (secondary N) is 1. The molecule has 0 bridgehead atoms. The molecular formula is C22H17NO6. The molecule has 0 fully saturated rings. The SMILES string of the molecule is O=C(O)COc1ccc(NC(=O)c2ccccc2-c2ccccc2C(=O)O)cc1. The molecule has 3 aromatic carbocycles.